The number of hydrogen-bond donors (Lipinski definition) is 2. The van der Waals surface area contributed by atoms with Crippen LogP contribution < -0.4 is 10.1 Å². The summed E-state index contributed by atoms with van der Waals surface area (Å²) in [7, 11) is 2.88. The number of methoxy groups -OCH3 is 2. The maximum Gasteiger partial charge on any atom is 0.328 e. The van der Waals surface area contributed by atoms with Crippen LogP contribution in [0.15, 0.2) is 18.2 Å². The molecule has 1 aromatic carbocycles. The molecule has 0 aliphatic rings. The molecule has 1 atom stereocenters. The molecular weight excluding hydrogens is 236 g/mol. The Kier molecular flexibility index (Phi) is 4.96. The summed E-state index contributed by atoms with van der Waals surface area (Å²) in [6.07, 6.45) is 0. The van der Waals surface area contributed by atoms with Crippen LogP contribution in [0, 0.1) is 11.3 Å². The highest BCUT2D eigenvalue weighted by Crippen LogP contribution is 2.26. The Morgan fingerprint density at radius 2 is 2.28 bits per heavy atom. The van der Waals surface area contributed by atoms with Crippen molar-refractivity contribution >= 4 is 11.7 Å². The predicted octanol–water partition coefficient (Wildman–Crippen LogP) is 1.08. The number of benzene rings is 1. The smallest absolute Gasteiger partial charge is 0.328 e. The molecule has 0 spiro atoms. The molecule has 0 aliphatic heterocycles. The SMILES string of the molecule is COCC(Nc1ccc(C#N)cc1OC)C(=O)O. The molecule has 1 rings (SSSR count). The monoisotopic (exact) mass is 250 g/mol. The van der Waals surface area contributed by atoms with Gasteiger partial charge in [-0.3, -0.25) is 0 Å². The lowest BCUT2D eigenvalue weighted by Gasteiger charge is -2.17. The van der Waals surface area contributed by atoms with E-state index in [9.17, 15) is 4.79 Å². The summed E-state index contributed by atoms with van der Waals surface area (Å²) in [5, 5.41) is 20.5. The second-order valence-corrected chi connectivity index (χ2v) is 3.52. The lowest BCUT2D eigenvalue weighted by atomic mass is 10.2. The predicted molar refractivity (Wildman–Crippen MR) is 64.6 cm³/mol. The summed E-state index contributed by atoms with van der Waals surface area (Å²) >= 11 is 0. The van der Waals surface area contributed by atoms with Crippen LogP contribution >= 0.6 is 0 Å². The third-order valence-electron chi connectivity index (χ3n) is 2.29. The van der Waals surface area contributed by atoms with Gasteiger partial charge < -0.3 is 19.9 Å². The summed E-state index contributed by atoms with van der Waals surface area (Å²) in [5.41, 5.74) is 0.942. The van der Waals surface area contributed by atoms with E-state index in [0.29, 0.717) is 17.0 Å². The first kappa shape index (κ1) is 13.8. The van der Waals surface area contributed by atoms with Crippen molar-refractivity contribution in [3.8, 4) is 11.8 Å². The van der Waals surface area contributed by atoms with E-state index in [1.54, 1.807) is 12.1 Å². The maximum absolute atomic E-state index is 11.0. The highest BCUT2D eigenvalue weighted by atomic mass is 16.5. The summed E-state index contributed by atoms with van der Waals surface area (Å²) in [5.74, 6) is -0.611. The minimum Gasteiger partial charge on any atom is -0.495 e. The molecule has 0 fully saturated rings. The van der Waals surface area contributed by atoms with Gasteiger partial charge in [0.05, 0.1) is 31.0 Å². The molecule has 6 nitrogen and oxygen atoms in total. The number of nitrogens with zero attached hydrogens (tertiary/aromatic N) is 1. The number of anilines is 1. The molecule has 96 valence electrons. The van der Waals surface area contributed by atoms with Gasteiger partial charge in [-0.25, -0.2) is 4.79 Å². The first-order valence-electron chi connectivity index (χ1n) is 5.18. The van der Waals surface area contributed by atoms with E-state index >= 15 is 0 Å². The van der Waals surface area contributed by atoms with Crippen molar-refractivity contribution in [2.45, 2.75) is 6.04 Å². The van der Waals surface area contributed by atoms with Gasteiger partial charge >= 0.3 is 5.97 Å². The number of aliphatic carboxylic acids is 1. The van der Waals surface area contributed by atoms with Gasteiger partial charge in [-0.05, 0) is 12.1 Å². The number of rotatable bonds is 6. The fourth-order valence-corrected chi connectivity index (χ4v) is 1.41. The minimum atomic E-state index is -1.02. The van der Waals surface area contributed by atoms with E-state index < -0.39 is 12.0 Å². The molecule has 0 radical (unpaired) electrons. The Bertz CT molecular complexity index is 468. The van der Waals surface area contributed by atoms with E-state index in [4.69, 9.17) is 19.8 Å². The second-order valence-electron chi connectivity index (χ2n) is 3.52. The number of nitrogens with one attached hydrogen (secondary N) is 1. The summed E-state index contributed by atoms with van der Waals surface area (Å²) in [4.78, 5) is 11.0. The standard InChI is InChI=1S/C12H14N2O4/c1-17-7-10(12(15)16)14-9-4-3-8(6-13)5-11(9)18-2/h3-5,10,14H,7H2,1-2H3,(H,15,16). The molecule has 1 unspecified atom stereocenters. The largest absolute Gasteiger partial charge is 0.495 e. The van der Waals surface area contributed by atoms with Crippen molar-refractivity contribution in [3.05, 3.63) is 23.8 Å². The number of carboxylic acid groups (broad SMARTS) is 1. The average molecular weight is 250 g/mol. The van der Waals surface area contributed by atoms with Crippen LogP contribution in [-0.4, -0.2) is 37.9 Å². The van der Waals surface area contributed by atoms with Gasteiger partial charge in [-0.15, -0.1) is 0 Å². The van der Waals surface area contributed by atoms with Crippen LogP contribution in [0.3, 0.4) is 0 Å². The lowest BCUT2D eigenvalue weighted by molar-refractivity contribution is -0.139. The molecule has 2 N–H and O–H groups in total. The van der Waals surface area contributed by atoms with Crippen LogP contribution in [0.4, 0.5) is 5.69 Å². The topological polar surface area (TPSA) is 91.6 Å². The molecule has 0 aliphatic carbocycles. The lowest BCUT2D eigenvalue weighted by Crippen LogP contribution is -2.33. The Morgan fingerprint density at radius 3 is 2.78 bits per heavy atom. The van der Waals surface area contributed by atoms with Crippen LogP contribution in [0.5, 0.6) is 5.75 Å². The zero-order chi connectivity index (χ0) is 13.5. The number of carboxylic acids is 1. The fraction of sp³-hybridized carbons (Fsp3) is 0.333. The highest BCUT2D eigenvalue weighted by molar-refractivity contribution is 5.78. The molecule has 0 aromatic heterocycles. The van der Waals surface area contributed by atoms with Crippen LogP contribution in [0.2, 0.25) is 0 Å². The first-order valence-corrected chi connectivity index (χ1v) is 5.18. The van der Waals surface area contributed by atoms with E-state index in [2.05, 4.69) is 5.32 Å². The molecule has 1 aromatic rings. The second kappa shape index (κ2) is 6.47. The van der Waals surface area contributed by atoms with Gasteiger partial charge in [0, 0.05) is 13.2 Å². The Labute approximate surface area is 105 Å². The van der Waals surface area contributed by atoms with E-state index in [0.717, 1.165) is 0 Å². The molecule has 6 heteroatoms. The van der Waals surface area contributed by atoms with Crippen LogP contribution in [-0.2, 0) is 9.53 Å². The van der Waals surface area contributed by atoms with Crippen molar-refractivity contribution in [1.29, 1.82) is 5.26 Å². The van der Waals surface area contributed by atoms with Gasteiger partial charge in [-0.2, -0.15) is 5.26 Å². The van der Waals surface area contributed by atoms with Crippen molar-refractivity contribution < 1.29 is 19.4 Å². The van der Waals surface area contributed by atoms with Crippen LogP contribution in [0.1, 0.15) is 5.56 Å². The molecule has 0 saturated heterocycles. The van der Waals surface area contributed by atoms with Gasteiger partial charge in [-0.1, -0.05) is 0 Å². The third-order valence-corrected chi connectivity index (χ3v) is 2.29. The van der Waals surface area contributed by atoms with Crippen LogP contribution in [0.25, 0.3) is 0 Å². The zero-order valence-corrected chi connectivity index (χ0v) is 10.1. The molecule has 0 bridgehead atoms. The maximum atomic E-state index is 11.0. The highest BCUT2D eigenvalue weighted by Gasteiger charge is 2.18. The third kappa shape index (κ3) is 3.37. The number of nitriles is 1. The van der Waals surface area contributed by atoms with Gasteiger partial charge in [0.1, 0.15) is 11.8 Å². The van der Waals surface area contributed by atoms with Crippen molar-refractivity contribution in [2.75, 3.05) is 26.1 Å². The Hall–Kier alpha value is -2.26. The van der Waals surface area contributed by atoms with Crippen molar-refractivity contribution in [2.24, 2.45) is 0 Å². The normalized spacial score (nSPS) is 11.4. The molecule has 0 amide bonds. The van der Waals surface area contributed by atoms with E-state index in [-0.39, 0.29) is 6.61 Å². The minimum absolute atomic E-state index is 0.0263. The summed E-state index contributed by atoms with van der Waals surface area (Å²) in [6.45, 7) is 0.0263. The molecule has 0 saturated carbocycles. The van der Waals surface area contributed by atoms with Crippen molar-refractivity contribution in [1.82, 2.24) is 0 Å². The number of ether oxygens (including phenoxy) is 2. The van der Waals surface area contributed by atoms with Gasteiger partial charge in [0.15, 0.2) is 0 Å². The summed E-state index contributed by atoms with van der Waals surface area (Å²) < 4.78 is 9.92. The molecule has 18 heavy (non-hydrogen) atoms. The Balaban J connectivity index is 2.95. The summed E-state index contributed by atoms with van der Waals surface area (Å²) in [6, 6.07) is 5.82. The fourth-order valence-electron chi connectivity index (χ4n) is 1.41. The van der Waals surface area contributed by atoms with Crippen molar-refractivity contribution in [3.63, 3.8) is 0 Å². The van der Waals surface area contributed by atoms with Gasteiger partial charge in [0.25, 0.3) is 0 Å². The Morgan fingerprint density at radius 1 is 1.56 bits per heavy atom. The quantitative estimate of drug-likeness (QED) is 0.784. The van der Waals surface area contributed by atoms with E-state index in [1.165, 1.54) is 20.3 Å². The average Bonchev–Trinajstić information content (AvgIpc) is 2.38. The zero-order valence-electron chi connectivity index (χ0n) is 10.1. The molecular formula is C12H14N2O4. The number of carbonyl (C=O) groups is 1. The van der Waals surface area contributed by atoms with E-state index in [1.807, 2.05) is 6.07 Å². The molecule has 0 heterocycles. The first-order chi connectivity index (χ1) is 8.62. The van der Waals surface area contributed by atoms with Gasteiger partial charge in [0.2, 0.25) is 0 Å². The number of hydrogen-bond acceptors (Lipinski definition) is 5.